The minimum atomic E-state index is -0.360. The quantitative estimate of drug-likeness (QED) is 0.462. The number of carbonyl (C=O) groups is 2. The number of nitrogens with zero attached hydrogens (tertiary/aromatic N) is 2. The summed E-state index contributed by atoms with van der Waals surface area (Å²) in [5.74, 6) is -0.381. The van der Waals surface area contributed by atoms with E-state index in [2.05, 4.69) is 10.2 Å². The van der Waals surface area contributed by atoms with Gasteiger partial charge in [0.05, 0.1) is 0 Å². The monoisotopic (exact) mass is 479 g/mol. The van der Waals surface area contributed by atoms with Gasteiger partial charge in [-0.25, -0.2) is 4.39 Å². The summed E-state index contributed by atoms with van der Waals surface area (Å²) >= 11 is 0. The molecule has 35 heavy (non-hydrogen) atoms. The van der Waals surface area contributed by atoms with Crippen LogP contribution < -0.4 is 5.32 Å². The zero-order chi connectivity index (χ0) is 25.4. The fourth-order valence-electron chi connectivity index (χ4n) is 4.77. The van der Waals surface area contributed by atoms with Crippen LogP contribution in [0.3, 0.4) is 0 Å². The maximum Gasteiger partial charge on any atom is 0.244 e. The molecule has 0 radical (unpaired) electrons. The van der Waals surface area contributed by atoms with Crippen molar-refractivity contribution in [2.75, 3.05) is 31.5 Å². The van der Waals surface area contributed by atoms with Crippen LogP contribution >= 0.6 is 0 Å². The molecule has 0 saturated heterocycles. The molecule has 1 N–H and O–H groups in total. The van der Waals surface area contributed by atoms with Gasteiger partial charge in [-0.05, 0) is 62.4 Å². The fourth-order valence-corrected chi connectivity index (χ4v) is 4.77. The molecular formula is C29H38FN3O2. The van der Waals surface area contributed by atoms with Crippen molar-refractivity contribution in [2.45, 2.75) is 53.0 Å². The molecule has 0 bridgehead atoms. The molecule has 5 nitrogen and oxygen atoms in total. The second-order valence-corrected chi connectivity index (χ2v) is 9.00. The topological polar surface area (TPSA) is 52.7 Å². The minimum absolute atomic E-state index is 0.0682. The SMILES string of the molecule is CCC(CC)C(=O)Nc1ccc(C2=CCN(C(C(=O)N(CC)CC)c3ccccc3)CC2)c(F)c1. The maximum absolute atomic E-state index is 15.0. The molecule has 1 aliphatic heterocycles. The number of benzene rings is 2. The smallest absolute Gasteiger partial charge is 0.244 e. The maximum atomic E-state index is 15.0. The molecule has 0 aromatic heterocycles. The largest absolute Gasteiger partial charge is 0.342 e. The average Bonchev–Trinajstić information content (AvgIpc) is 2.87. The Hall–Kier alpha value is -2.99. The minimum Gasteiger partial charge on any atom is -0.342 e. The van der Waals surface area contributed by atoms with E-state index in [1.54, 1.807) is 12.1 Å². The Morgan fingerprint density at radius 2 is 1.71 bits per heavy atom. The lowest BCUT2D eigenvalue weighted by molar-refractivity contribution is -0.136. The van der Waals surface area contributed by atoms with Crippen molar-refractivity contribution >= 4 is 23.1 Å². The molecule has 6 heteroatoms. The number of halogens is 1. The van der Waals surface area contributed by atoms with Crippen molar-refractivity contribution in [3.05, 3.63) is 71.6 Å². The number of rotatable bonds is 10. The Balaban J connectivity index is 1.78. The van der Waals surface area contributed by atoms with Crippen LogP contribution in [-0.4, -0.2) is 47.8 Å². The molecule has 0 spiro atoms. The van der Waals surface area contributed by atoms with Crippen LogP contribution in [0.25, 0.3) is 5.57 Å². The van der Waals surface area contributed by atoms with E-state index in [0.29, 0.717) is 43.9 Å². The first-order valence-corrected chi connectivity index (χ1v) is 12.8. The van der Waals surface area contributed by atoms with Gasteiger partial charge in [-0.1, -0.05) is 50.3 Å². The lowest BCUT2D eigenvalue weighted by atomic mass is 9.95. The number of hydrogen-bond donors (Lipinski definition) is 1. The standard InChI is InChI=1S/C29H38FN3O2/c1-5-21(6-2)28(34)31-24-14-15-25(26(30)20-24)22-16-18-33(19-17-22)27(23-12-10-9-11-13-23)29(35)32(7-3)8-4/h9-16,20-21,27H,5-8,17-19H2,1-4H3,(H,31,34). The van der Waals surface area contributed by atoms with Crippen molar-refractivity contribution in [3.8, 4) is 0 Å². The molecule has 2 amide bonds. The van der Waals surface area contributed by atoms with Crippen LogP contribution in [0.2, 0.25) is 0 Å². The van der Waals surface area contributed by atoms with Crippen LogP contribution in [0.1, 0.15) is 64.1 Å². The normalized spacial score (nSPS) is 15.0. The Kier molecular flexibility index (Phi) is 9.61. The Morgan fingerprint density at radius 1 is 1.03 bits per heavy atom. The highest BCUT2D eigenvalue weighted by molar-refractivity contribution is 5.92. The molecule has 1 atom stereocenters. The van der Waals surface area contributed by atoms with Gasteiger partial charge in [0.15, 0.2) is 0 Å². The molecule has 188 valence electrons. The third-order valence-electron chi connectivity index (χ3n) is 6.97. The van der Waals surface area contributed by atoms with E-state index in [4.69, 9.17) is 0 Å². The van der Waals surface area contributed by atoms with Gasteiger partial charge in [-0.3, -0.25) is 14.5 Å². The summed E-state index contributed by atoms with van der Waals surface area (Å²) in [6.07, 6.45) is 4.18. The number of nitrogens with one attached hydrogen (secondary N) is 1. The highest BCUT2D eigenvalue weighted by atomic mass is 19.1. The van der Waals surface area contributed by atoms with Crippen molar-refractivity contribution in [3.63, 3.8) is 0 Å². The Labute approximate surface area is 209 Å². The summed E-state index contributed by atoms with van der Waals surface area (Å²) in [6.45, 7) is 10.5. The van der Waals surface area contributed by atoms with Gasteiger partial charge in [0.2, 0.25) is 11.8 Å². The van der Waals surface area contributed by atoms with E-state index >= 15 is 4.39 Å². The fraction of sp³-hybridized carbons (Fsp3) is 0.448. The summed E-state index contributed by atoms with van der Waals surface area (Å²) in [5.41, 5.74) is 2.94. The molecule has 0 aliphatic carbocycles. The van der Waals surface area contributed by atoms with Gasteiger partial charge in [-0.15, -0.1) is 0 Å². The third kappa shape index (κ3) is 6.37. The number of amides is 2. The molecule has 1 unspecified atom stereocenters. The van der Waals surface area contributed by atoms with Crippen LogP contribution in [0, 0.1) is 11.7 Å². The van der Waals surface area contributed by atoms with Gasteiger partial charge in [0.1, 0.15) is 11.9 Å². The third-order valence-corrected chi connectivity index (χ3v) is 6.97. The molecule has 2 aromatic carbocycles. The summed E-state index contributed by atoms with van der Waals surface area (Å²) in [7, 11) is 0. The van der Waals surface area contributed by atoms with Crippen LogP contribution in [0.4, 0.5) is 10.1 Å². The molecule has 3 rings (SSSR count). The highest BCUT2D eigenvalue weighted by Gasteiger charge is 2.31. The van der Waals surface area contributed by atoms with Gasteiger partial charge in [0, 0.05) is 43.3 Å². The van der Waals surface area contributed by atoms with Crippen LogP contribution in [0.15, 0.2) is 54.6 Å². The van der Waals surface area contributed by atoms with Crippen molar-refractivity contribution in [2.24, 2.45) is 5.92 Å². The van der Waals surface area contributed by atoms with E-state index < -0.39 is 0 Å². The van der Waals surface area contributed by atoms with E-state index in [9.17, 15) is 9.59 Å². The van der Waals surface area contributed by atoms with Gasteiger partial charge >= 0.3 is 0 Å². The molecule has 0 saturated carbocycles. The summed E-state index contributed by atoms with van der Waals surface area (Å²) < 4.78 is 15.0. The van der Waals surface area contributed by atoms with Gasteiger partial charge in [0.25, 0.3) is 0 Å². The molecule has 0 fully saturated rings. The number of hydrogen-bond acceptors (Lipinski definition) is 3. The van der Waals surface area contributed by atoms with E-state index in [1.807, 2.05) is 69.0 Å². The second-order valence-electron chi connectivity index (χ2n) is 9.00. The van der Waals surface area contributed by atoms with Gasteiger partial charge in [-0.2, -0.15) is 0 Å². The first-order chi connectivity index (χ1) is 16.9. The van der Waals surface area contributed by atoms with E-state index in [0.717, 1.165) is 24.0 Å². The Morgan fingerprint density at radius 3 is 2.26 bits per heavy atom. The average molecular weight is 480 g/mol. The lowest BCUT2D eigenvalue weighted by Gasteiger charge is -2.36. The number of carbonyl (C=O) groups excluding carboxylic acids is 2. The summed E-state index contributed by atoms with van der Waals surface area (Å²) in [4.78, 5) is 29.8. The zero-order valence-corrected chi connectivity index (χ0v) is 21.4. The predicted molar refractivity (Wildman–Crippen MR) is 140 cm³/mol. The van der Waals surface area contributed by atoms with E-state index in [-0.39, 0.29) is 29.6 Å². The van der Waals surface area contributed by atoms with Crippen LogP contribution in [-0.2, 0) is 9.59 Å². The molecule has 2 aromatic rings. The molecular weight excluding hydrogens is 441 g/mol. The van der Waals surface area contributed by atoms with Crippen LogP contribution in [0.5, 0.6) is 0 Å². The zero-order valence-electron chi connectivity index (χ0n) is 21.4. The second kappa shape index (κ2) is 12.6. The summed E-state index contributed by atoms with van der Waals surface area (Å²) in [6, 6.07) is 14.4. The summed E-state index contributed by atoms with van der Waals surface area (Å²) in [5, 5.41) is 2.84. The molecule has 1 heterocycles. The van der Waals surface area contributed by atoms with E-state index in [1.165, 1.54) is 6.07 Å². The van der Waals surface area contributed by atoms with Gasteiger partial charge < -0.3 is 10.2 Å². The van der Waals surface area contributed by atoms with Crippen molar-refractivity contribution in [1.29, 1.82) is 0 Å². The lowest BCUT2D eigenvalue weighted by Crippen LogP contribution is -2.44. The highest BCUT2D eigenvalue weighted by Crippen LogP contribution is 2.31. The first-order valence-electron chi connectivity index (χ1n) is 12.8. The van der Waals surface area contributed by atoms with Crippen molar-refractivity contribution in [1.82, 2.24) is 9.80 Å². The number of anilines is 1. The Bertz CT molecular complexity index is 1030. The van der Waals surface area contributed by atoms with Crippen molar-refractivity contribution < 1.29 is 14.0 Å². The number of likely N-dealkylation sites (N-methyl/N-ethyl adjacent to an activating group) is 1. The first kappa shape index (κ1) is 26.6. The molecule has 1 aliphatic rings. The predicted octanol–water partition coefficient (Wildman–Crippen LogP) is 5.90.